The van der Waals surface area contributed by atoms with Gasteiger partial charge in [0.15, 0.2) is 5.82 Å². The Morgan fingerprint density at radius 3 is 3.12 bits per heavy atom. The Morgan fingerprint density at radius 1 is 1.42 bits per heavy atom. The second-order valence-corrected chi connectivity index (χ2v) is 6.17. The Balaban J connectivity index is 1.42. The first kappa shape index (κ1) is 16.9. The Morgan fingerprint density at radius 2 is 2.33 bits per heavy atom. The molecular formula is C18H26N4O2. The average molecular weight is 330 g/mol. The highest BCUT2D eigenvalue weighted by atomic mass is 16.5. The fourth-order valence-corrected chi connectivity index (χ4v) is 2.86. The van der Waals surface area contributed by atoms with Gasteiger partial charge in [-0.05, 0) is 31.0 Å². The number of aromatic amines is 1. The van der Waals surface area contributed by atoms with Crippen molar-refractivity contribution < 1.29 is 9.47 Å². The minimum Gasteiger partial charge on any atom is -0.494 e. The summed E-state index contributed by atoms with van der Waals surface area (Å²) in [6, 6.07) is 8.18. The summed E-state index contributed by atoms with van der Waals surface area (Å²) in [5.74, 6) is 2.63. The van der Waals surface area contributed by atoms with Crippen molar-refractivity contribution in [2.75, 3.05) is 32.8 Å². The van der Waals surface area contributed by atoms with Gasteiger partial charge in [0, 0.05) is 26.1 Å². The van der Waals surface area contributed by atoms with Crippen LogP contribution in [0.3, 0.4) is 0 Å². The quantitative estimate of drug-likeness (QED) is 0.790. The van der Waals surface area contributed by atoms with Crippen LogP contribution < -0.4 is 4.74 Å². The summed E-state index contributed by atoms with van der Waals surface area (Å²) in [6.07, 6.45) is 1.82. The zero-order chi connectivity index (χ0) is 16.8. The Bertz CT molecular complexity index is 643. The number of morpholine rings is 1. The SMILES string of the molecule is CCc1nc([C@H]2CN(CCCOc3cccc(C)c3)CCO2)n[nH]1. The topological polar surface area (TPSA) is 63.3 Å². The maximum Gasteiger partial charge on any atom is 0.180 e. The maximum absolute atomic E-state index is 5.82. The molecule has 3 rings (SSSR count). The molecule has 0 spiro atoms. The van der Waals surface area contributed by atoms with Crippen LogP contribution in [0.1, 0.15) is 36.7 Å². The molecule has 0 aliphatic carbocycles. The van der Waals surface area contributed by atoms with Gasteiger partial charge in [0.05, 0.1) is 13.2 Å². The number of nitrogens with zero attached hydrogens (tertiary/aromatic N) is 3. The van der Waals surface area contributed by atoms with Gasteiger partial charge in [0.1, 0.15) is 17.7 Å². The second-order valence-electron chi connectivity index (χ2n) is 6.17. The van der Waals surface area contributed by atoms with Gasteiger partial charge in [-0.1, -0.05) is 19.1 Å². The normalized spacial score (nSPS) is 18.7. The van der Waals surface area contributed by atoms with E-state index in [0.29, 0.717) is 0 Å². The third-order valence-electron chi connectivity index (χ3n) is 4.20. The number of H-pyrrole nitrogens is 1. The van der Waals surface area contributed by atoms with E-state index in [2.05, 4.69) is 46.1 Å². The monoisotopic (exact) mass is 330 g/mol. The molecule has 24 heavy (non-hydrogen) atoms. The Hall–Kier alpha value is -1.92. The molecule has 1 aromatic carbocycles. The molecule has 1 atom stereocenters. The summed E-state index contributed by atoms with van der Waals surface area (Å²) >= 11 is 0. The molecule has 1 aliphatic rings. The largest absolute Gasteiger partial charge is 0.494 e. The third kappa shape index (κ3) is 4.55. The molecule has 1 saturated heterocycles. The highest BCUT2D eigenvalue weighted by Crippen LogP contribution is 2.19. The first-order valence-corrected chi connectivity index (χ1v) is 8.69. The lowest BCUT2D eigenvalue weighted by Crippen LogP contribution is -2.39. The van der Waals surface area contributed by atoms with E-state index in [9.17, 15) is 0 Å². The molecule has 0 amide bonds. The molecule has 2 aromatic rings. The highest BCUT2D eigenvalue weighted by Gasteiger charge is 2.24. The molecule has 1 N–H and O–H groups in total. The Labute approximate surface area is 143 Å². The van der Waals surface area contributed by atoms with E-state index in [1.807, 2.05) is 12.1 Å². The number of aryl methyl sites for hydroxylation is 2. The number of nitrogens with one attached hydrogen (secondary N) is 1. The number of rotatable bonds is 7. The molecular weight excluding hydrogens is 304 g/mol. The molecule has 1 fully saturated rings. The van der Waals surface area contributed by atoms with E-state index in [1.165, 1.54) is 5.56 Å². The van der Waals surface area contributed by atoms with E-state index in [-0.39, 0.29) is 6.10 Å². The molecule has 130 valence electrons. The number of hydrogen-bond donors (Lipinski definition) is 1. The average Bonchev–Trinajstić information content (AvgIpc) is 3.08. The van der Waals surface area contributed by atoms with Crippen LogP contribution in [0.25, 0.3) is 0 Å². The van der Waals surface area contributed by atoms with Crippen molar-refractivity contribution in [3.05, 3.63) is 41.5 Å². The van der Waals surface area contributed by atoms with Crippen LogP contribution in [0.5, 0.6) is 5.75 Å². The summed E-state index contributed by atoms with van der Waals surface area (Å²) in [4.78, 5) is 6.89. The van der Waals surface area contributed by atoms with Crippen LogP contribution in [0.15, 0.2) is 24.3 Å². The molecule has 0 unspecified atom stereocenters. The van der Waals surface area contributed by atoms with Crippen molar-refractivity contribution in [3.63, 3.8) is 0 Å². The summed E-state index contributed by atoms with van der Waals surface area (Å²) in [7, 11) is 0. The maximum atomic E-state index is 5.82. The fourth-order valence-electron chi connectivity index (χ4n) is 2.86. The van der Waals surface area contributed by atoms with Gasteiger partial charge in [-0.15, -0.1) is 0 Å². The van der Waals surface area contributed by atoms with Gasteiger partial charge in [-0.3, -0.25) is 10.00 Å². The molecule has 6 nitrogen and oxygen atoms in total. The van der Waals surface area contributed by atoms with Gasteiger partial charge in [-0.25, -0.2) is 4.98 Å². The Kier molecular flexibility index (Phi) is 5.82. The summed E-state index contributed by atoms with van der Waals surface area (Å²) in [5, 5.41) is 7.24. The predicted octanol–water partition coefficient (Wildman–Crippen LogP) is 2.52. The van der Waals surface area contributed by atoms with E-state index in [4.69, 9.17) is 9.47 Å². The summed E-state index contributed by atoms with van der Waals surface area (Å²) in [5.41, 5.74) is 1.22. The smallest absolute Gasteiger partial charge is 0.180 e. The number of ether oxygens (including phenoxy) is 2. The van der Waals surface area contributed by atoms with Crippen molar-refractivity contribution >= 4 is 0 Å². The van der Waals surface area contributed by atoms with Gasteiger partial charge < -0.3 is 9.47 Å². The first-order chi connectivity index (χ1) is 11.7. The zero-order valence-corrected chi connectivity index (χ0v) is 14.5. The van der Waals surface area contributed by atoms with Crippen molar-refractivity contribution in [3.8, 4) is 5.75 Å². The van der Waals surface area contributed by atoms with Crippen LogP contribution in [0, 0.1) is 6.92 Å². The van der Waals surface area contributed by atoms with Crippen LogP contribution in [0.2, 0.25) is 0 Å². The van der Waals surface area contributed by atoms with Crippen molar-refractivity contribution in [2.45, 2.75) is 32.8 Å². The number of benzene rings is 1. The second kappa shape index (κ2) is 8.26. The van der Waals surface area contributed by atoms with E-state index < -0.39 is 0 Å². The molecule has 0 radical (unpaired) electrons. The van der Waals surface area contributed by atoms with Gasteiger partial charge >= 0.3 is 0 Å². The van der Waals surface area contributed by atoms with E-state index >= 15 is 0 Å². The zero-order valence-electron chi connectivity index (χ0n) is 14.5. The minimum atomic E-state index is -0.0343. The van der Waals surface area contributed by atoms with Crippen LogP contribution in [-0.4, -0.2) is 52.9 Å². The molecule has 0 bridgehead atoms. The third-order valence-corrected chi connectivity index (χ3v) is 4.20. The standard InChI is InChI=1S/C18H26N4O2/c1-3-17-19-18(21-20-17)16-13-22(9-11-24-16)8-5-10-23-15-7-4-6-14(2)12-15/h4,6-7,12,16H,3,5,8-11,13H2,1-2H3,(H,19,20,21)/t16-/m1/s1. The summed E-state index contributed by atoms with van der Waals surface area (Å²) in [6.45, 7) is 8.38. The van der Waals surface area contributed by atoms with Crippen molar-refractivity contribution in [2.24, 2.45) is 0 Å². The van der Waals surface area contributed by atoms with Crippen LogP contribution >= 0.6 is 0 Å². The molecule has 2 heterocycles. The van der Waals surface area contributed by atoms with Gasteiger partial charge in [-0.2, -0.15) is 5.10 Å². The molecule has 0 saturated carbocycles. The predicted molar refractivity (Wildman–Crippen MR) is 92.2 cm³/mol. The highest BCUT2D eigenvalue weighted by molar-refractivity contribution is 5.27. The molecule has 1 aromatic heterocycles. The van der Waals surface area contributed by atoms with Crippen molar-refractivity contribution in [1.82, 2.24) is 20.1 Å². The lowest BCUT2D eigenvalue weighted by atomic mass is 10.2. The van der Waals surface area contributed by atoms with Gasteiger partial charge in [0.25, 0.3) is 0 Å². The number of aromatic nitrogens is 3. The first-order valence-electron chi connectivity index (χ1n) is 8.69. The minimum absolute atomic E-state index is 0.0343. The van der Waals surface area contributed by atoms with Gasteiger partial charge in [0.2, 0.25) is 0 Å². The lowest BCUT2D eigenvalue weighted by molar-refractivity contribution is -0.0351. The number of hydrogen-bond acceptors (Lipinski definition) is 5. The molecule has 6 heteroatoms. The van der Waals surface area contributed by atoms with Crippen LogP contribution in [-0.2, 0) is 11.2 Å². The summed E-state index contributed by atoms with van der Waals surface area (Å²) < 4.78 is 11.6. The van der Waals surface area contributed by atoms with Crippen LogP contribution in [0.4, 0.5) is 0 Å². The fraction of sp³-hybridized carbons (Fsp3) is 0.556. The van der Waals surface area contributed by atoms with E-state index in [1.54, 1.807) is 0 Å². The van der Waals surface area contributed by atoms with Crippen molar-refractivity contribution in [1.29, 1.82) is 0 Å². The molecule has 1 aliphatic heterocycles. The lowest BCUT2D eigenvalue weighted by Gasteiger charge is -2.31. The van der Waals surface area contributed by atoms with E-state index in [0.717, 1.165) is 63.1 Å².